The van der Waals surface area contributed by atoms with Crippen molar-refractivity contribution >= 4 is 13.2 Å². The van der Waals surface area contributed by atoms with Crippen molar-refractivity contribution in [2.45, 2.75) is 64.6 Å². The number of rotatable bonds is 1. The summed E-state index contributed by atoms with van der Waals surface area (Å²) in [6.45, 7) is 9.17. The van der Waals surface area contributed by atoms with Gasteiger partial charge in [0, 0.05) is 50.7 Å². The molecule has 1 N–H and O–H groups in total. The molecule has 9 heteroatoms. The zero-order valence-electron chi connectivity index (χ0n) is 12.3. The molecule has 0 aromatic heterocycles. The van der Waals surface area contributed by atoms with Gasteiger partial charge in [-0.2, -0.15) is 0 Å². The third-order valence-electron chi connectivity index (χ3n) is 3.35. The molecule has 1 rings (SSSR count). The van der Waals surface area contributed by atoms with Gasteiger partial charge in [0.15, 0.2) is 0 Å². The Hall–Kier alpha value is -1.15. The van der Waals surface area contributed by atoms with Gasteiger partial charge in [-0.1, -0.05) is 0 Å². The molecular weight excluding hydrogens is 279 g/mol. The van der Waals surface area contributed by atoms with Crippen molar-refractivity contribution < 1.29 is 26.8 Å². The van der Waals surface area contributed by atoms with Gasteiger partial charge in [0.25, 0.3) is 0 Å². The smallest absolute Gasteiger partial charge is 0.418 e. The Morgan fingerprint density at radius 3 is 1.95 bits per heavy atom. The first-order chi connectivity index (χ1) is 8.68. The summed E-state index contributed by atoms with van der Waals surface area (Å²) >= 11 is 0. The first-order valence-corrected chi connectivity index (χ1v) is 6.30. The highest BCUT2D eigenvalue weighted by atomic mass is 19.5. The van der Waals surface area contributed by atoms with E-state index < -0.39 is 12.8 Å². The largest absolute Gasteiger partial charge is 0.673 e. The van der Waals surface area contributed by atoms with Crippen molar-refractivity contribution in [1.29, 1.82) is 0 Å². The number of hydrogen-bond acceptors (Lipinski definition) is 2. The van der Waals surface area contributed by atoms with Crippen LogP contribution in [0.5, 0.6) is 0 Å². The maximum Gasteiger partial charge on any atom is 0.673 e. The number of hydrogen-bond donors (Lipinski definition) is 1. The molecule has 0 aliphatic carbocycles. The number of amides is 1. The summed E-state index contributed by atoms with van der Waals surface area (Å²) in [5.41, 5.74) is -0.869. The summed E-state index contributed by atoms with van der Waals surface area (Å²) in [6, 6.07) is -0.0551. The number of halogens is 4. The summed E-state index contributed by atoms with van der Waals surface area (Å²) in [6.07, 6.45) is 1.67. The minimum absolute atomic E-state index is 0.0551. The number of piperidine rings is 1. The van der Waals surface area contributed by atoms with Crippen LogP contribution in [0.25, 0.3) is 0 Å². The predicted molar refractivity (Wildman–Crippen MR) is 68.8 cm³/mol. The molecule has 0 aromatic rings. The molecule has 20 heavy (non-hydrogen) atoms. The Kier molecular flexibility index (Phi) is 5.74. The van der Waals surface area contributed by atoms with E-state index in [1.807, 2.05) is 27.7 Å². The average Bonchev–Trinajstić information content (AvgIpc) is 2.18. The predicted octanol–water partition coefficient (Wildman–Crippen LogP) is 2.92. The molecule has 0 saturated carbocycles. The van der Waals surface area contributed by atoms with Crippen molar-refractivity contribution in [3.8, 4) is 0 Å². The van der Waals surface area contributed by atoms with Crippen LogP contribution in [0.2, 0.25) is 0 Å². The summed E-state index contributed by atoms with van der Waals surface area (Å²) in [5, 5.41) is 2.86. The van der Waals surface area contributed by atoms with Gasteiger partial charge in [0.1, 0.15) is 0 Å². The fraction of sp³-hybridized carbons (Fsp3) is 0.909. The molecule has 1 amide bonds. The van der Waals surface area contributed by atoms with Gasteiger partial charge in [-0.15, -0.1) is 0 Å². The van der Waals surface area contributed by atoms with E-state index >= 15 is 0 Å². The van der Waals surface area contributed by atoms with Gasteiger partial charge in [0.05, 0.1) is 6.04 Å². The highest BCUT2D eigenvalue weighted by molar-refractivity contribution is 6.50. The van der Waals surface area contributed by atoms with Gasteiger partial charge in [-0.3, -0.25) is 4.79 Å². The van der Waals surface area contributed by atoms with Crippen LogP contribution in [0.3, 0.4) is 0 Å². The van der Waals surface area contributed by atoms with E-state index in [1.165, 1.54) is 6.92 Å². The van der Waals surface area contributed by atoms with Crippen molar-refractivity contribution in [2.75, 3.05) is 0 Å². The number of nitrogens with one attached hydrogen (secondary N) is 1. The van der Waals surface area contributed by atoms with Crippen molar-refractivity contribution in [1.82, 2.24) is 5.32 Å². The Labute approximate surface area is 116 Å². The number of nitrogens with zero attached hydrogens (tertiary/aromatic N) is 1. The van der Waals surface area contributed by atoms with Crippen LogP contribution in [0.1, 0.15) is 47.5 Å². The second-order valence-electron chi connectivity index (χ2n) is 6.05. The highest BCUT2D eigenvalue weighted by Gasteiger charge is 2.55. The van der Waals surface area contributed by atoms with Crippen molar-refractivity contribution in [3.63, 3.8) is 0 Å². The highest BCUT2D eigenvalue weighted by Crippen LogP contribution is 2.34. The van der Waals surface area contributed by atoms with Gasteiger partial charge in [-0.05, 0) is 6.42 Å². The van der Waals surface area contributed by atoms with Crippen LogP contribution in [-0.4, -0.2) is 35.0 Å². The monoisotopic (exact) mass is 300 g/mol. The van der Waals surface area contributed by atoms with E-state index in [9.17, 15) is 27.0 Å². The van der Waals surface area contributed by atoms with Gasteiger partial charge < -0.3 is 22.6 Å². The lowest BCUT2D eigenvalue weighted by Crippen LogP contribution is -2.63. The Bertz CT molecular complexity index is 377. The topological polar surface area (TPSA) is 49.2 Å². The van der Waals surface area contributed by atoms with Crippen LogP contribution < -0.4 is 5.32 Å². The number of carbonyl (C=O) groups excluding carboxylic acids is 1. The molecule has 4 nitrogen and oxygen atoms in total. The Morgan fingerprint density at radius 2 is 1.60 bits per heavy atom. The zero-order chi connectivity index (χ0) is 16.4. The van der Waals surface area contributed by atoms with E-state index in [2.05, 4.69) is 5.32 Å². The fourth-order valence-electron chi connectivity index (χ4n) is 2.37. The molecule has 1 unspecified atom stereocenters. The molecule has 0 bridgehead atoms. The van der Waals surface area contributed by atoms with Crippen molar-refractivity contribution in [2.24, 2.45) is 0 Å². The molecular formula is C11H21BF4N2O2. The minimum Gasteiger partial charge on any atom is -0.418 e. The number of carbonyl (C=O) groups is 1. The van der Waals surface area contributed by atoms with E-state index in [-0.39, 0.29) is 17.5 Å². The molecule has 1 aliphatic heterocycles. The third-order valence-corrected chi connectivity index (χ3v) is 3.35. The summed E-state index contributed by atoms with van der Waals surface area (Å²) < 4.78 is 40.1. The molecule has 1 atom stereocenters. The second kappa shape index (κ2) is 6.09. The summed E-state index contributed by atoms with van der Waals surface area (Å²) in [5.74, 6) is -0.0684. The normalized spacial score (nSPS) is 24.4. The first kappa shape index (κ1) is 18.9. The quantitative estimate of drug-likeness (QED) is 0.460. The van der Waals surface area contributed by atoms with Gasteiger partial charge in [-0.25, -0.2) is 0 Å². The standard InChI is InChI=1S/C11H20N2O2.BF4/c1-8(14)12-9-6-7-10(2,3)13(15)11(9,4)5;2-1(3,4)5/h9H,6-7H2,1-5H3;/q;-1/p+1. The lowest BCUT2D eigenvalue weighted by Gasteiger charge is -2.37. The van der Waals surface area contributed by atoms with Gasteiger partial charge >= 0.3 is 7.25 Å². The van der Waals surface area contributed by atoms with E-state index in [0.29, 0.717) is 0 Å². The molecule has 0 aromatic carbocycles. The average molecular weight is 300 g/mol. The van der Waals surface area contributed by atoms with Crippen LogP contribution in [-0.2, 0) is 4.79 Å². The fourth-order valence-corrected chi connectivity index (χ4v) is 2.37. The van der Waals surface area contributed by atoms with E-state index in [0.717, 1.165) is 17.6 Å². The minimum atomic E-state index is -6.00. The van der Waals surface area contributed by atoms with Crippen LogP contribution >= 0.6 is 0 Å². The lowest BCUT2D eigenvalue weighted by atomic mass is 9.78. The summed E-state index contributed by atoms with van der Waals surface area (Å²) in [4.78, 5) is 23.2. The van der Waals surface area contributed by atoms with E-state index in [4.69, 9.17) is 0 Å². The van der Waals surface area contributed by atoms with E-state index in [1.54, 1.807) is 0 Å². The second-order valence-corrected chi connectivity index (χ2v) is 6.05. The van der Waals surface area contributed by atoms with Gasteiger partial charge in [0.2, 0.25) is 17.0 Å². The lowest BCUT2D eigenvalue weighted by molar-refractivity contribution is -0.695. The van der Waals surface area contributed by atoms with Crippen LogP contribution in [0.15, 0.2) is 0 Å². The van der Waals surface area contributed by atoms with Crippen LogP contribution in [0.4, 0.5) is 17.3 Å². The third kappa shape index (κ3) is 5.87. The molecule has 1 fully saturated rings. The maximum absolute atomic E-state index is 12.1. The molecule has 0 spiro atoms. The zero-order valence-corrected chi connectivity index (χ0v) is 12.3. The van der Waals surface area contributed by atoms with Crippen molar-refractivity contribution in [3.05, 3.63) is 4.91 Å². The SMILES string of the molecule is CC(=O)NC1CCC(C)(C)[N+](=O)C1(C)C.F[B-](F)(F)F. The molecule has 1 aliphatic rings. The van der Waals surface area contributed by atoms with Crippen LogP contribution in [0, 0.1) is 4.91 Å². The molecule has 0 radical (unpaired) electrons. The number of nitroso groups, excluding NO2 is 1. The molecule has 1 heterocycles. The molecule has 1 saturated heterocycles. The Morgan fingerprint density at radius 1 is 1.20 bits per heavy atom. The first-order valence-electron chi connectivity index (χ1n) is 6.30. The Balaban J connectivity index is 0.000000621. The molecule has 118 valence electrons. The maximum atomic E-state index is 12.1. The summed E-state index contributed by atoms with van der Waals surface area (Å²) in [7, 11) is -6.00.